The zero-order chi connectivity index (χ0) is 13.8. The summed E-state index contributed by atoms with van der Waals surface area (Å²) in [6.07, 6.45) is 0.107. The van der Waals surface area contributed by atoms with Gasteiger partial charge in [0.2, 0.25) is 0 Å². The maximum atomic E-state index is 5.99. The molecule has 4 nitrogen and oxygen atoms in total. The second-order valence-electron chi connectivity index (χ2n) is 5.04. The lowest BCUT2D eigenvalue weighted by Gasteiger charge is -2.30. The summed E-state index contributed by atoms with van der Waals surface area (Å²) in [4.78, 5) is 2.24. The minimum absolute atomic E-state index is 0.107. The minimum atomic E-state index is -0.108. The summed E-state index contributed by atoms with van der Waals surface area (Å²) < 4.78 is 11.5. The molecular formula is C14H21ClN2O2. The Morgan fingerprint density at radius 2 is 2.37 bits per heavy atom. The smallest absolute Gasteiger partial charge is 0.124 e. The molecule has 0 aromatic heterocycles. The van der Waals surface area contributed by atoms with Gasteiger partial charge in [0.15, 0.2) is 0 Å². The fourth-order valence-electron chi connectivity index (χ4n) is 2.16. The molecule has 1 aliphatic heterocycles. The van der Waals surface area contributed by atoms with Gasteiger partial charge in [0.1, 0.15) is 18.5 Å². The molecule has 0 radical (unpaired) electrons. The van der Waals surface area contributed by atoms with Crippen LogP contribution in [0, 0.1) is 0 Å². The van der Waals surface area contributed by atoms with E-state index in [1.807, 2.05) is 25.1 Å². The second-order valence-corrected chi connectivity index (χ2v) is 5.47. The lowest BCUT2D eigenvalue weighted by atomic mass is 10.1. The van der Waals surface area contributed by atoms with Gasteiger partial charge in [0, 0.05) is 29.7 Å². The summed E-state index contributed by atoms with van der Waals surface area (Å²) in [6.45, 7) is 5.07. The Labute approximate surface area is 119 Å². The van der Waals surface area contributed by atoms with E-state index in [0.717, 1.165) is 31.0 Å². The van der Waals surface area contributed by atoms with Crippen LogP contribution in [-0.4, -0.2) is 44.4 Å². The van der Waals surface area contributed by atoms with Gasteiger partial charge in [-0.15, -0.1) is 0 Å². The third-order valence-electron chi connectivity index (χ3n) is 3.23. The summed E-state index contributed by atoms with van der Waals surface area (Å²) in [5.74, 6) is 0.788. The first-order valence-electron chi connectivity index (χ1n) is 6.54. The van der Waals surface area contributed by atoms with Crippen molar-refractivity contribution in [3.8, 4) is 5.75 Å². The number of halogens is 1. The molecule has 106 valence electrons. The van der Waals surface area contributed by atoms with E-state index in [0.29, 0.717) is 11.6 Å². The van der Waals surface area contributed by atoms with Gasteiger partial charge in [0.05, 0.1) is 6.61 Å². The Balaban J connectivity index is 1.99. The fourth-order valence-corrected chi connectivity index (χ4v) is 2.34. The quantitative estimate of drug-likeness (QED) is 0.919. The third-order valence-corrected chi connectivity index (χ3v) is 3.46. The predicted molar refractivity (Wildman–Crippen MR) is 76.8 cm³/mol. The van der Waals surface area contributed by atoms with E-state index < -0.39 is 0 Å². The number of morpholine rings is 1. The molecule has 0 saturated carbocycles. The number of hydrogen-bond acceptors (Lipinski definition) is 4. The molecule has 0 aliphatic carbocycles. The van der Waals surface area contributed by atoms with Crippen molar-refractivity contribution in [3.05, 3.63) is 28.8 Å². The Morgan fingerprint density at radius 3 is 3.05 bits per heavy atom. The van der Waals surface area contributed by atoms with E-state index in [-0.39, 0.29) is 12.1 Å². The SMILES string of the molecule is C[C@H](N)c1cc(Cl)ccc1OCC1CN(C)CCO1. The number of likely N-dealkylation sites (N-methyl/N-ethyl adjacent to an activating group) is 1. The number of hydrogen-bond donors (Lipinski definition) is 1. The van der Waals surface area contributed by atoms with E-state index in [9.17, 15) is 0 Å². The van der Waals surface area contributed by atoms with Crippen LogP contribution >= 0.6 is 11.6 Å². The highest BCUT2D eigenvalue weighted by Crippen LogP contribution is 2.27. The van der Waals surface area contributed by atoms with Gasteiger partial charge in [0.25, 0.3) is 0 Å². The van der Waals surface area contributed by atoms with Crippen LogP contribution in [0.4, 0.5) is 0 Å². The second kappa shape index (κ2) is 6.57. The zero-order valence-electron chi connectivity index (χ0n) is 11.4. The van der Waals surface area contributed by atoms with E-state index in [1.54, 1.807) is 0 Å². The number of ether oxygens (including phenoxy) is 2. The maximum Gasteiger partial charge on any atom is 0.124 e. The van der Waals surface area contributed by atoms with Crippen LogP contribution in [0.3, 0.4) is 0 Å². The Hall–Kier alpha value is -0.810. The van der Waals surface area contributed by atoms with Crippen molar-refractivity contribution in [2.75, 3.05) is 33.4 Å². The first-order valence-corrected chi connectivity index (χ1v) is 6.92. The van der Waals surface area contributed by atoms with Crippen molar-refractivity contribution in [2.45, 2.75) is 19.1 Å². The summed E-state index contributed by atoms with van der Waals surface area (Å²) in [7, 11) is 2.09. The summed E-state index contributed by atoms with van der Waals surface area (Å²) in [6, 6.07) is 5.43. The highest BCUT2D eigenvalue weighted by molar-refractivity contribution is 6.30. The van der Waals surface area contributed by atoms with Gasteiger partial charge in [-0.1, -0.05) is 11.6 Å². The van der Waals surface area contributed by atoms with Gasteiger partial charge >= 0.3 is 0 Å². The Morgan fingerprint density at radius 1 is 1.58 bits per heavy atom. The van der Waals surface area contributed by atoms with Crippen LogP contribution in [0.15, 0.2) is 18.2 Å². The summed E-state index contributed by atoms with van der Waals surface area (Å²) >= 11 is 5.99. The van der Waals surface area contributed by atoms with Crippen LogP contribution in [0.25, 0.3) is 0 Å². The first kappa shape index (κ1) is 14.6. The molecule has 0 bridgehead atoms. The molecule has 1 heterocycles. The lowest BCUT2D eigenvalue weighted by molar-refractivity contribution is -0.0405. The summed E-state index contributed by atoms with van der Waals surface area (Å²) in [5.41, 5.74) is 6.86. The Kier molecular flexibility index (Phi) is 5.05. The van der Waals surface area contributed by atoms with E-state index in [2.05, 4.69) is 11.9 Å². The third kappa shape index (κ3) is 4.08. The average molecular weight is 285 g/mol. The molecule has 0 amide bonds. The van der Waals surface area contributed by atoms with Crippen molar-refractivity contribution in [1.29, 1.82) is 0 Å². The molecule has 19 heavy (non-hydrogen) atoms. The molecule has 1 unspecified atom stereocenters. The Bertz CT molecular complexity index is 426. The molecule has 1 saturated heterocycles. The van der Waals surface area contributed by atoms with Gasteiger partial charge in [-0.25, -0.2) is 0 Å². The van der Waals surface area contributed by atoms with Crippen LogP contribution in [0.1, 0.15) is 18.5 Å². The standard InChI is InChI=1S/C14H21ClN2O2/c1-10(16)13-7-11(15)3-4-14(13)19-9-12-8-17(2)5-6-18-12/h3-4,7,10,12H,5-6,8-9,16H2,1-2H3/t10-,12?/m0/s1. The van der Waals surface area contributed by atoms with E-state index in [4.69, 9.17) is 26.8 Å². The van der Waals surface area contributed by atoms with Crippen molar-refractivity contribution in [3.63, 3.8) is 0 Å². The maximum absolute atomic E-state index is 5.99. The molecule has 2 rings (SSSR count). The van der Waals surface area contributed by atoms with Crippen molar-refractivity contribution < 1.29 is 9.47 Å². The predicted octanol–water partition coefficient (Wildman–Crippen LogP) is 2.07. The normalized spacial score (nSPS) is 22.2. The van der Waals surface area contributed by atoms with Gasteiger partial charge in [-0.05, 0) is 32.2 Å². The monoisotopic (exact) mass is 284 g/mol. The highest BCUT2D eigenvalue weighted by atomic mass is 35.5. The first-order chi connectivity index (χ1) is 9.06. The molecule has 1 aliphatic rings. The van der Waals surface area contributed by atoms with Crippen LogP contribution in [-0.2, 0) is 4.74 Å². The van der Waals surface area contributed by atoms with Gasteiger partial charge in [-0.3, -0.25) is 0 Å². The highest BCUT2D eigenvalue weighted by Gasteiger charge is 2.19. The molecule has 2 atom stereocenters. The lowest BCUT2D eigenvalue weighted by Crippen LogP contribution is -2.42. The van der Waals surface area contributed by atoms with E-state index in [1.165, 1.54) is 0 Å². The number of rotatable bonds is 4. The molecular weight excluding hydrogens is 264 g/mol. The molecule has 1 fully saturated rings. The van der Waals surface area contributed by atoms with Crippen molar-refractivity contribution in [1.82, 2.24) is 4.90 Å². The topological polar surface area (TPSA) is 47.7 Å². The fraction of sp³-hybridized carbons (Fsp3) is 0.571. The molecule has 1 aromatic rings. The zero-order valence-corrected chi connectivity index (χ0v) is 12.2. The number of nitrogens with two attached hydrogens (primary N) is 1. The molecule has 0 spiro atoms. The molecule has 2 N–H and O–H groups in total. The number of nitrogens with zero attached hydrogens (tertiary/aromatic N) is 1. The average Bonchev–Trinajstić information content (AvgIpc) is 2.37. The number of benzene rings is 1. The largest absolute Gasteiger partial charge is 0.490 e. The van der Waals surface area contributed by atoms with Crippen molar-refractivity contribution >= 4 is 11.6 Å². The van der Waals surface area contributed by atoms with Gasteiger partial charge in [-0.2, -0.15) is 0 Å². The summed E-state index contributed by atoms with van der Waals surface area (Å²) in [5, 5.41) is 0.674. The van der Waals surface area contributed by atoms with E-state index >= 15 is 0 Å². The van der Waals surface area contributed by atoms with Crippen LogP contribution in [0.2, 0.25) is 5.02 Å². The van der Waals surface area contributed by atoms with Gasteiger partial charge < -0.3 is 20.1 Å². The minimum Gasteiger partial charge on any atom is -0.490 e. The molecule has 1 aromatic carbocycles. The van der Waals surface area contributed by atoms with Crippen molar-refractivity contribution in [2.24, 2.45) is 5.73 Å². The van der Waals surface area contributed by atoms with Crippen LogP contribution < -0.4 is 10.5 Å². The molecule has 5 heteroatoms. The van der Waals surface area contributed by atoms with Crippen LogP contribution in [0.5, 0.6) is 5.75 Å².